The molecule has 2 heterocycles. The van der Waals surface area contributed by atoms with E-state index in [2.05, 4.69) is 4.99 Å². The van der Waals surface area contributed by atoms with Gasteiger partial charge in [-0.1, -0.05) is 11.8 Å². The van der Waals surface area contributed by atoms with Crippen molar-refractivity contribution in [1.82, 2.24) is 0 Å². The van der Waals surface area contributed by atoms with E-state index in [0.717, 1.165) is 5.04 Å². The summed E-state index contributed by atoms with van der Waals surface area (Å²) in [4.78, 5) is 14.9. The Labute approximate surface area is 103 Å². The average molecular weight is 261 g/mol. The van der Waals surface area contributed by atoms with Gasteiger partial charge in [0.2, 0.25) is 0 Å². The van der Waals surface area contributed by atoms with E-state index in [-0.39, 0.29) is 12.0 Å². The average Bonchev–Trinajstić information content (AvgIpc) is 2.62. The lowest BCUT2D eigenvalue weighted by atomic mass is 9.99. The third-order valence-electron chi connectivity index (χ3n) is 2.74. The molecule has 1 fully saturated rings. The van der Waals surface area contributed by atoms with E-state index in [9.17, 15) is 15.0 Å². The normalized spacial score (nSPS) is 40.7. The summed E-state index contributed by atoms with van der Waals surface area (Å²) in [5.41, 5.74) is -0.311. The van der Waals surface area contributed by atoms with E-state index in [1.54, 1.807) is 0 Å². The van der Waals surface area contributed by atoms with Crippen LogP contribution in [-0.4, -0.2) is 57.6 Å². The van der Waals surface area contributed by atoms with Crippen molar-refractivity contribution in [2.24, 2.45) is 4.99 Å². The summed E-state index contributed by atoms with van der Waals surface area (Å²) in [5.74, 6) is -0.441. The minimum absolute atomic E-state index is 0.0591. The highest BCUT2D eigenvalue weighted by Gasteiger charge is 2.47. The van der Waals surface area contributed by atoms with Crippen molar-refractivity contribution in [2.45, 2.75) is 43.6 Å². The number of hydrogen-bond donors (Lipinski definition) is 2. The molecule has 2 aliphatic heterocycles. The van der Waals surface area contributed by atoms with Gasteiger partial charge in [0.05, 0.1) is 5.04 Å². The zero-order valence-electron chi connectivity index (χ0n) is 9.57. The standard InChI is InChI=1S/C10H15NO5S/c1-4-11-7-9(14)8(13)6(3-15-5(2)12)16-10(7)17-4/h6-10,13-14H,3H2,1-2H3/t6-,7-,8-,9-,10-/m1/s1. The number of ether oxygens (including phenoxy) is 2. The molecule has 7 heteroatoms. The highest BCUT2D eigenvalue weighted by molar-refractivity contribution is 8.14. The Morgan fingerprint density at radius 2 is 2.24 bits per heavy atom. The number of rotatable bonds is 2. The first-order chi connectivity index (χ1) is 7.99. The fourth-order valence-corrected chi connectivity index (χ4v) is 2.98. The van der Waals surface area contributed by atoms with E-state index in [1.807, 2.05) is 6.92 Å². The summed E-state index contributed by atoms with van der Waals surface area (Å²) in [6, 6.07) is -0.441. The smallest absolute Gasteiger partial charge is 0.302 e. The van der Waals surface area contributed by atoms with Crippen LogP contribution in [0.3, 0.4) is 0 Å². The van der Waals surface area contributed by atoms with Gasteiger partial charge in [0, 0.05) is 6.92 Å². The number of thioether (sulfide) groups is 1. The van der Waals surface area contributed by atoms with E-state index in [4.69, 9.17) is 9.47 Å². The van der Waals surface area contributed by atoms with Crippen LogP contribution in [0.4, 0.5) is 0 Å². The van der Waals surface area contributed by atoms with Crippen molar-refractivity contribution in [3.63, 3.8) is 0 Å². The van der Waals surface area contributed by atoms with Crippen LogP contribution in [0.25, 0.3) is 0 Å². The minimum atomic E-state index is -1.09. The third-order valence-corrected chi connectivity index (χ3v) is 3.81. The fourth-order valence-electron chi connectivity index (χ4n) is 1.90. The molecule has 2 aliphatic rings. The molecule has 2 rings (SSSR count). The van der Waals surface area contributed by atoms with Crippen LogP contribution in [0.2, 0.25) is 0 Å². The largest absolute Gasteiger partial charge is 0.463 e. The first-order valence-electron chi connectivity index (χ1n) is 5.35. The molecule has 5 atom stereocenters. The van der Waals surface area contributed by atoms with Crippen LogP contribution in [0.5, 0.6) is 0 Å². The summed E-state index contributed by atoms with van der Waals surface area (Å²) >= 11 is 1.41. The predicted octanol–water partition coefficient (Wildman–Crippen LogP) is -0.470. The zero-order chi connectivity index (χ0) is 12.6. The highest BCUT2D eigenvalue weighted by atomic mass is 32.2. The number of aliphatic hydroxyl groups excluding tert-OH is 2. The topological polar surface area (TPSA) is 88.4 Å². The number of aliphatic imine (C=N–C) groups is 1. The van der Waals surface area contributed by atoms with E-state index >= 15 is 0 Å². The molecule has 17 heavy (non-hydrogen) atoms. The van der Waals surface area contributed by atoms with Gasteiger partial charge < -0.3 is 19.7 Å². The molecule has 0 aliphatic carbocycles. The molecule has 0 bridgehead atoms. The Morgan fingerprint density at radius 1 is 1.53 bits per heavy atom. The molecule has 0 saturated carbocycles. The first kappa shape index (κ1) is 12.8. The van der Waals surface area contributed by atoms with Crippen LogP contribution in [-0.2, 0) is 14.3 Å². The van der Waals surface area contributed by atoms with Gasteiger partial charge in [-0.2, -0.15) is 0 Å². The summed E-state index contributed by atoms with van der Waals surface area (Å²) < 4.78 is 10.4. The van der Waals surface area contributed by atoms with Crippen LogP contribution >= 0.6 is 11.8 Å². The second-order valence-electron chi connectivity index (χ2n) is 4.08. The van der Waals surface area contributed by atoms with Gasteiger partial charge in [-0.15, -0.1) is 0 Å². The summed E-state index contributed by atoms with van der Waals surface area (Å²) in [5, 5.41) is 20.6. The Bertz CT molecular complexity index is 348. The quantitative estimate of drug-likeness (QED) is 0.653. The van der Waals surface area contributed by atoms with Gasteiger partial charge >= 0.3 is 5.97 Å². The van der Waals surface area contributed by atoms with Crippen molar-refractivity contribution in [3.05, 3.63) is 0 Å². The van der Waals surface area contributed by atoms with E-state index in [0.29, 0.717) is 0 Å². The van der Waals surface area contributed by atoms with Crippen molar-refractivity contribution < 1.29 is 24.5 Å². The maximum atomic E-state index is 10.7. The number of carbonyl (C=O) groups excluding carboxylic acids is 1. The van der Waals surface area contributed by atoms with Crippen LogP contribution in [0.1, 0.15) is 13.8 Å². The molecule has 0 spiro atoms. The van der Waals surface area contributed by atoms with Gasteiger partial charge in [-0.3, -0.25) is 9.79 Å². The Hall–Kier alpha value is -0.630. The van der Waals surface area contributed by atoms with Crippen molar-refractivity contribution >= 4 is 22.8 Å². The molecule has 0 amide bonds. The molecule has 0 aromatic heterocycles. The molecule has 2 N–H and O–H groups in total. The Balaban J connectivity index is 2.01. The lowest BCUT2D eigenvalue weighted by Gasteiger charge is -2.37. The number of aliphatic hydroxyl groups is 2. The number of fused-ring (bicyclic) bond motifs is 1. The number of carbonyl (C=O) groups is 1. The second kappa shape index (κ2) is 4.93. The van der Waals surface area contributed by atoms with Crippen molar-refractivity contribution in [2.75, 3.05) is 6.61 Å². The van der Waals surface area contributed by atoms with Crippen LogP contribution < -0.4 is 0 Å². The third kappa shape index (κ3) is 2.62. The van der Waals surface area contributed by atoms with Crippen molar-refractivity contribution in [1.29, 1.82) is 0 Å². The maximum absolute atomic E-state index is 10.7. The second-order valence-corrected chi connectivity index (χ2v) is 5.37. The summed E-state index contributed by atoms with van der Waals surface area (Å²) in [6.07, 6.45) is -2.78. The molecular formula is C10H15NO5S. The lowest BCUT2D eigenvalue weighted by Crippen LogP contribution is -2.56. The molecule has 0 aromatic rings. The van der Waals surface area contributed by atoms with Crippen LogP contribution in [0.15, 0.2) is 4.99 Å². The monoisotopic (exact) mass is 261 g/mol. The molecule has 0 aromatic carbocycles. The first-order valence-corrected chi connectivity index (χ1v) is 6.23. The summed E-state index contributed by atoms with van der Waals surface area (Å²) in [6.45, 7) is 3.05. The Kier molecular flexibility index (Phi) is 3.72. The summed E-state index contributed by atoms with van der Waals surface area (Å²) in [7, 11) is 0. The van der Waals surface area contributed by atoms with Gasteiger partial charge in [0.1, 0.15) is 36.4 Å². The molecule has 96 valence electrons. The van der Waals surface area contributed by atoms with E-state index < -0.39 is 30.3 Å². The molecule has 1 saturated heterocycles. The maximum Gasteiger partial charge on any atom is 0.302 e. The predicted molar refractivity (Wildman–Crippen MR) is 61.8 cm³/mol. The number of nitrogens with zero attached hydrogens (tertiary/aromatic N) is 1. The van der Waals surface area contributed by atoms with Gasteiger partial charge in [-0.25, -0.2) is 0 Å². The number of esters is 1. The van der Waals surface area contributed by atoms with Gasteiger partial charge in [-0.05, 0) is 6.92 Å². The SMILES string of the molecule is CC(=O)OC[C@H]1O[C@@H]2SC(C)=N[C@@H]2[C@@H](O)[C@@H]1O. The zero-order valence-corrected chi connectivity index (χ0v) is 10.4. The van der Waals surface area contributed by atoms with Gasteiger partial charge in [0.15, 0.2) is 0 Å². The number of hydrogen-bond acceptors (Lipinski definition) is 7. The molecule has 0 unspecified atom stereocenters. The minimum Gasteiger partial charge on any atom is -0.463 e. The van der Waals surface area contributed by atoms with Crippen LogP contribution in [0, 0.1) is 0 Å². The Morgan fingerprint density at radius 3 is 2.88 bits per heavy atom. The van der Waals surface area contributed by atoms with Crippen molar-refractivity contribution in [3.8, 4) is 0 Å². The fraction of sp³-hybridized carbons (Fsp3) is 0.800. The lowest BCUT2D eigenvalue weighted by molar-refractivity contribution is -0.177. The highest BCUT2D eigenvalue weighted by Crippen LogP contribution is 2.36. The molecule has 0 radical (unpaired) electrons. The van der Waals surface area contributed by atoms with Gasteiger partial charge in [0.25, 0.3) is 0 Å². The molecular weight excluding hydrogens is 246 g/mol. The van der Waals surface area contributed by atoms with E-state index in [1.165, 1.54) is 18.7 Å². The molecule has 6 nitrogen and oxygen atoms in total.